The molecule has 1 heterocycles. The third kappa shape index (κ3) is 3.76. The lowest BCUT2D eigenvalue weighted by molar-refractivity contribution is 0.886. The molecule has 21 heavy (non-hydrogen) atoms. The number of H-pyrrole nitrogens is 1. The quantitative estimate of drug-likeness (QED) is 0.684. The first-order valence-corrected chi connectivity index (χ1v) is 9.45. The number of nitrogens with zero attached hydrogens (tertiary/aromatic N) is 1. The van der Waals surface area contributed by atoms with Crippen molar-refractivity contribution >= 4 is 39.9 Å². The van der Waals surface area contributed by atoms with Crippen LogP contribution < -0.4 is 0 Å². The van der Waals surface area contributed by atoms with Gasteiger partial charge in [-0.1, -0.05) is 55.4 Å². The molecule has 2 nitrogen and oxygen atoms in total. The van der Waals surface area contributed by atoms with E-state index in [2.05, 4.69) is 38.0 Å². The van der Waals surface area contributed by atoms with Gasteiger partial charge in [-0.05, 0) is 34.3 Å². The van der Waals surface area contributed by atoms with Gasteiger partial charge in [-0.3, -0.25) is 0 Å². The van der Waals surface area contributed by atoms with Crippen LogP contribution in [0.5, 0.6) is 0 Å². The van der Waals surface area contributed by atoms with Crippen LogP contribution in [-0.4, -0.2) is 15.2 Å². The van der Waals surface area contributed by atoms with E-state index in [0.29, 0.717) is 4.64 Å². The highest BCUT2D eigenvalue weighted by atomic mass is 79.9. The molecule has 0 amide bonds. The fourth-order valence-corrected chi connectivity index (χ4v) is 4.46. The standard InChI is InChI=1S/C16H17BrN2S2/c17-14-15(11-6-2-1-3-7-11)18-13(19-16(14)20)10-21-12-8-4-5-9-12/h1-3,6-7,12H,4-5,8-10H2,(H,18,19,20). The lowest BCUT2D eigenvalue weighted by atomic mass is 10.1. The van der Waals surface area contributed by atoms with Gasteiger partial charge < -0.3 is 4.98 Å². The highest BCUT2D eigenvalue weighted by Gasteiger charge is 2.16. The Kier molecular flexibility index (Phi) is 5.14. The molecule has 1 fully saturated rings. The Morgan fingerprint density at radius 1 is 1.24 bits per heavy atom. The Bertz CT molecular complexity index is 664. The Labute approximate surface area is 142 Å². The zero-order chi connectivity index (χ0) is 14.7. The molecule has 0 atom stereocenters. The predicted molar refractivity (Wildman–Crippen MR) is 96.1 cm³/mol. The molecule has 0 radical (unpaired) electrons. The van der Waals surface area contributed by atoms with Gasteiger partial charge in [0.2, 0.25) is 0 Å². The van der Waals surface area contributed by atoms with Crippen molar-refractivity contribution in [3.63, 3.8) is 0 Å². The molecule has 0 bridgehead atoms. The van der Waals surface area contributed by atoms with Crippen molar-refractivity contribution in [3.8, 4) is 11.3 Å². The molecular formula is C16H17BrN2S2. The lowest BCUT2D eigenvalue weighted by Gasteiger charge is -2.11. The topological polar surface area (TPSA) is 28.7 Å². The minimum absolute atomic E-state index is 0.634. The number of aromatic nitrogens is 2. The zero-order valence-corrected chi connectivity index (χ0v) is 14.9. The number of thioether (sulfide) groups is 1. The number of aromatic amines is 1. The molecule has 1 aliphatic rings. The Morgan fingerprint density at radius 2 is 1.95 bits per heavy atom. The highest BCUT2D eigenvalue weighted by molar-refractivity contribution is 9.10. The molecule has 1 aliphatic carbocycles. The van der Waals surface area contributed by atoms with Crippen molar-refractivity contribution in [2.75, 3.05) is 0 Å². The molecule has 1 aromatic carbocycles. The van der Waals surface area contributed by atoms with Crippen LogP contribution in [0, 0.1) is 4.64 Å². The monoisotopic (exact) mass is 380 g/mol. The third-order valence-electron chi connectivity index (χ3n) is 3.73. The van der Waals surface area contributed by atoms with Gasteiger partial charge in [0, 0.05) is 5.25 Å². The van der Waals surface area contributed by atoms with Crippen LogP contribution >= 0.6 is 39.9 Å². The van der Waals surface area contributed by atoms with E-state index in [9.17, 15) is 0 Å². The van der Waals surface area contributed by atoms with Crippen LogP contribution in [0.1, 0.15) is 31.5 Å². The maximum absolute atomic E-state index is 5.39. The lowest BCUT2D eigenvalue weighted by Crippen LogP contribution is -2.01. The van der Waals surface area contributed by atoms with Crippen molar-refractivity contribution in [1.29, 1.82) is 0 Å². The summed E-state index contributed by atoms with van der Waals surface area (Å²) in [6, 6.07) is 10.3. The summed E-state index contributed by atoms with van der Waals surface area (Å²) < 4.78 is 1.51. The molecule has 0 unspecified atom stereocenters. The summed E-state index contributed by atoms with van der Waals surface area (Å²) in [5.41, 5.74) is 2.16. The number of hydrogen-bond donors (Lipinski definition) is 1. The largest absolute Gasteiger partial charge is 0.342 e. The smallest absolute Gasteiger partial charge is 0.144 e. The van der Waals surface area contributed by atoms with E-state index in [1.165, 1.54) is 25.7 Å². The van der Waals surface area contributed by atoms with Crippen molar-refractivity contribution in [2.45, 2.75) is 36.7 Å². The minimum Gasteiger partial charge on any atom is -0.342 e. The zero-order valence-electron chi connectivity index (χ0n) is 11.6. The fourth-order valence-electron chi connectivity index (χ4n) is 2.63. The Balaban J connectivity index is 1.85. The molecule has 1 saturated carbocycles. The predicted octanol–water partition coefficient (Wildman–Crippen LogP) is 5.74. The van der Waals surface area contributed by atoms with Crippen LogP contribution in [0.25, 0.3) is 11.3 Å². The number of halogens is 1. The average Bonchev–Trinajstić information content (AvgIpc) is 3.02. The summed E-state index contributed by atoms with van der Waals surface area (Å²) in [7, 11) is 0. The Hall–Kier alpha value is -0.650. The van der Waals surface area contributed by atoms with E-state index >= 15 is 0 Å². The first-order valence-electron chi connectivity index (χ1n) is 7.20. The summed E-state index contributed by atoms with van der Waals surface area (Å²) in [4.78, 5) is 7.96. The molecule has 3 rings (SSSR count). The van der Waals surface area contributed by atoms with Crippen molar-refractivity contribution in [3.05, 3.63) is 45.3 Å². The maximum atomic E-state index is 5.39. The summed E-state index contributed by atoms with van der Waals surface area (Å²) >= 11 is 11.0. The van der Waals surface area contributed by atoms with Crippen LogP contribution in [0.4, 0.5) is 0 Å². The molecule has 2 aromatic rings. The van der Waals surface area contributed by atoms with Crippen molar-refractivity contribution in [1.82, 2.24) is 9.97 Å². The van der Waals surface area contributed by atoms with E-state index < -0.39 is 0 Å². The van der Waals surface area contributed by atoms with Gasteiger partial charge >= 0.3 is 0 Å². The van der Waals surface area contributed by atoms with Gasteiger partial charge in [0.1, 0.15) is 10.5 Å². The van der Waals surface area contributed by atoms with Gasteiger partial charge in [-0.25, -0.2) is 4.98 Å². The SMILES string of the molecule is S=c1nc(CSC2CCCC2)[nH]c(-c2ccccc2)c1Br. The summed E-state index contributed by atoms with van der Waals surface area (Å²) in [5, 5.41) is 0.789. The van der Waals surface area contributed by atoms with Gasteiger partial charge in [-0.2, -0.15) is 11.8 Å². The van der Waals surface area contributed by atoms with E-state index in [4.69, 9.17) is 12.2 Å². The molecule has 1 N–H and O–H groups in total. The van der Waals surface area contributed by atoms with Gasteiger partial charge in [-0.15, -0.1) is 0 Å². The minimum atomic E-state index is 0.634. The molecule has 0 saturated heterocycles. The molecule has 0 aliphatic heterocycles. The van der Waals surface area contributed by atoms with E-state index in [-0.39, 0.29) is 0 Å². The highest BCUT2D eigenvalue weighted by Crippen LogP contribution is 2.32. The number of hydrogen-bond acceptors (Lipinski definition) is 3. The number of nitrogens with one attached hydrogen (secondary N) is 1. The van der Waals surface area contributed by atoms with Crippen molar-refractivity contribution in [2.24, 2.45) is 0 Å². The fraction of sp³-hybridized carbons (Fsp3) is 0.375. The first kappa shape index (κ1) is 15.3. The van der Waals surface area contributed by atoms with Crippen LogP contribution in [0.2, 0.25) is 0 Å². The summed E-state index contributed by atoms with van der Waals surface area (Å²) in [5.74, 6) is 1.88. The second-order valence-electron chi connectivity index (χ2n) is 5.26. The first-order chi connectivity index (χ1) is 10.2. The van der Waals surface area contributed by atoms with E-state index in [0.717, 1.165) is 32.6 Å². The molecule has 110 valence electrons. The normalized spacial score (nSPS) is 15.5. The second-order valence-corrected chi connectivity index (χ2v) is 7.73. The molecule has 1 aromatic heterocycles. The average molecular weight is 381 g/mol. The van der Waals surface area contributed by atoms with Gasteiger partial charge in [0.15, 0.2) is 0 Å². The van der Waals surface area contributed by atoms with Crippen LogP contribution in [0.15, 0.2) is 34.8 Å². The maximum Gasteiger partial charge on any atom is 0.144 e. The molecular weight excluding hydrogens is 364 g/mol. The van der Waals surface area contributed by atoms with Gasteiger partial charge in [0.25, 0.3) is 0 Å². The van der Waals surface area contributed by atoms with E-state index in [1.807, 2.05) is 30.0 Å². The number of rotatable bonds is 4. The third-order valence-corrected chi connectivity index (χ3v) is 6.45. The summed E-state index contributed by atoms with van der Waals surface area (Å²) in [6.07, 6.45) is 5.42. The van der Waals surface area contributed by atoms with Crippen LogP contribution in [0.3, 0.4) is 0 Å². The Morgan fingerprint density at radius 3 is 2.67 bits per heavy atom. The summed E-state index contributed by atoms with van der Waals surface area (Å²) in [6.45, 7) is 0. The second kappa shape index (κ2) is 7.07. The van der Waals surface area contributed by atoms with E-state index in [1.54, 1.807) is 0 Å². The number of benzene rings is 1. The molecule has 5 heteroatoms. The van der Waals surface area contributed by atoms with Crippen LogP contribution in [-0.2, 0) is 5.75 Å². The van der Waals surface area contributed by atoms with Crippen molar-refractivity contribution < 1.29 is 0 Å². The molecule has 0 spiro atoms. The van der Waals surface area contributed by atoms with Gasteiger partial charge in [0.05, 0.1) is 15.9 Å².